The van der Waals surface area contributed by atoms with E-state index in [0.717, 1.165) is 18.5 Å². The van der Waals surface area contributed by atoms with Gasteiger partial charge in [-0.3, -0.25) is 4.79 Å². The number of carbonyl (C=O) groups is 1. The lowest BCUT2D eigenvalue weighted by Crippen LogP contribution is -2.41. The molecule has 20 heavy (non-hydrogen) atoms. The predicted octanol–water partition coefficient (Wildman–Crippen LogP) is 2.45. The fourth-order valence-corrected chi connectivity index (χ4v) is 2.44. The Kier molecular flexibility index (Phi) is 4.17. The molecule has 0 aliphatic heterocycles. The molecule has 1 amide bonds. The lowest BCUT2D eigenvalue weighted by atomic mass is 10.0. The van der Waals surface area contributed by atoms with Gasteiger partial charge in [-0.2, -0.15) is 4.98 Å². The van der Waals surface area contributed by atoms with Crippen molar-refractivity contribution >= 4 is 17.2 Å². The first kappa shape index (κ1) is 14.6. The molecule has 0 saturated carbocycles. The first-order chi connectivity index (χ1) is 9.44. The molecule has 7 heteroatoms. The zero-order chi connectivity index (χ0) is 14.8. The van der Waals surface area contributed by atoms with Crippen molar-refractivity contribution in [2.75, 3.05) is 0 Å². The smallest absolute Gasteiger partial charge is 0.264 e. The van der Waals surface area contributed by atoms with Gasteiger partial charge in [-0.15, -0.1) is 11.3 Å². The summed E-state index contributed by atoms with van der Waals surface area (Å²) in [5.41, 5.74) is 1.69. The molecule has 0 spiro atoms. The molecular formula is C13H18N4O2S. The lowest BCUT2D eigenvalue weighted by Gasteiger charge is -2.21. The van der Waals surface area contributed by atoms with E-state index in [9.17, 15) is 4.79 Å². The van der Waals surface area contributed by atoms with Crippen LogP contribution >= 0.6 is 11.3 Å². The fourth-order valence-electron chi connectivity index (χ4n) is 1.74. The highest BCUT2D eigenvalue weighted by Gasteiger charge is 2.29. The average Bonchev–Trinajstić information content (AvgIpc) is 2.98. The van der Waals surface area contributed by atoms with Crippen LogP contribution in [0.2, 0.25) is 0 Å². The second-order valence-corrected chi connectivity index (χ2v) is 5.96. The third-order valence-electron chi connectivity index (χ3n) is 2.87. The number of nitrogens with zero attached hydrogens (tertiary/aromatic N) is 3. The summed E-state index contributed by atoms with van der Waals surface area (Å²) in [4.78, 5) is 21.2. The molecule has 0 saturated heterocycles. The van der Waals surface area contributed by atoms with E-state index in [-0.39, 0.29) is 5.91 Å². The minimum absolute atomic E-state index is 0.170. The number of aromatic nitrogens is 3. The largest absolute Gasteiger partial charge is 0.339 e. The van der Waals surface area contributed by atoms with Gasteiger partial charge in [-0.25, -0.2) is 4.98 Å². The number of carbonyl (C=O) groups excluding carboxylic acids is 1. The maximum absolute atomic E-state index is 12.2. The Labute approximate surface area is 121 Å². The molecule has 108 valence electrons. The summed E-state index contributed by atoms with van der Waals surface area (Å²) < 4.78 is 5.17. The molecule has 0 fully saturated rings. The Balaban J connectivity index is 2.13. The van der Waals surface area contributed by atoms with Gasteiger partial charge in [0.15, 0.2) is 5.82 Å². The van der Waals surface area contributed by atoms with Crippen LogP contribution in [0.3, 0.4) is 0 Å². The molecule has 2 rings (SSSR count). The van der Waals surface area contributed by atoms with Crippen LogP contribution in [0.25, 0.3) is 0 Å². The summed E-state index contributed by atoms with van der Waals surface area (Å²) in [5, 5.41) is 6.87. The van der Waals surface area contributed by atoms with E-state index < -0.39 is 5.54 Å². The first-order valence-corrected chi connectivity index (χ1v) is 7.37. The van der Waals surface area contributed by atoms with E-state index in [0.29, 0.717) is 16.6 Å². The number of rotatable bonds is 5. The molecule has 0 bridgehead atoms. The van der Waals surface area contributed by atoms with Crippen molar-refractivity contribution in [2.24, 2.45) is 0 Å². The predicted molar refractivity (Wildman–Crippen MR) is 75.6 cm³/mol. The van der Waals surface area contributed by atoms with Crippen molar-refractivity contribution in [1.82, 2.24) is 20.4 Å². The maximum Gasteiger partial charge on any atom is 0.264 e. The lowest BCUT2D eigenvalue weighted by molar-refractivity contribution is 0.0911. The molecule has 0 aliphatic carbocycles. The zero-order valence-electron chi connectivity index (χ0n) is 12.1. The molecule has 0 radical (unpaired) electrons. The minimum atomic E-state index is -0.691. The molecule has 2 aromatic rings. The van der Waals surface area contributed by atoms with Gasteiger partial charge in [0.2, 0.25) is 5.89 Å². The van der Waals surface area contributed by atoms with Crippen LogP contribution < -0.4 is 5.32 Å². The minimum Gasteiger partial charge on any atom is -0.339 e. The van der Waals surface area contributed by atoms with Crippen molar-refractivity contribution in [1.29, 1.82) is 0 Å². The molecule has 0 aromatic carbocycles. The number of nitrogens with one attached hydrogen (secondary N) is 1. The van der Waals surface area contributed by atoms with Gasteiger partial charge >= 0.3 is 0 Å². The number of hydrogen-bond acceptors (Lipinski definition) is 6. The molecule has 0 atom stereocenters. The monoisotopic (exact) mass is 294 g/mol. The second-order valence-electron chi connectivity index (χ2n) is 5.11. The SMILES string of the molecule is CCCc1nc(C(C)(C)NC(=O)c2scnc2C)no1. The topological polar surface area (TPSA) is 80.9 Å². The van der Waals surface area contributed by atoms with Crippen molar-refractivity contribution in [3.8, 4) is 0 Å². The van der Waals surface area contributed by atoms with Gasteiger partial charge in [0, 0.05) is 6.42 Å². The molecule has 2 aromatic heterocycles. The average molecular weight is 294 g/mol. The summed E-state index contributed by atoms with van der Waals surface area (Å²) in [5.74, 6) is 0.909. The van der Waals surface area contributed by atoms with Gasteiger partial charge in [0.05, 0.1) is 16.7 Å². The van der Waals surface area contributed by atoms with Crippen molar-refractivity contribution in [2.45, 2.75) is 46.1 Å². The third-order valence-corrected chi connectivity index (χ3v) is 3.80. The van der Waals surface area contributed by atoms with E-state index in [4.69, 9.17) is 4.52 Å². The molecule has 0 unspecified atom stereocenters. The molecule has 1 N–H and O–H groups in total. The standard InChI is InChI=1S/C13H18N4O2S/c1-5-6-9-15-12(17-19-9)13(3,4)16-11(18)10-8(2)14-7-20-10/h7H,5-6H2,1-4H3,(H,16,18). The molecular weight excluding hydrogens is 276 g/mol. The summed E-state index contributed by atoms with van der Waals surface area (Å²) >= 11 is 1.32. The van der Waals surface area contributed by atoms with Gasteiger partial charge in [-0.05, 0) is 27.2 Å². The fraction of sp³-hybridized carbons (Fsp3) is 0.538. The number of hydrogen-bond donors (Lipinski definition) is 1. The normalized spacial score (nSPS) is 11.6. The first-order valence-electron chi connectivity index (χ1n) is 6.49. The number of aryl methyl sites for hydroxylation is 2. The van der Waals surface area contributed by atoms with Crippen LogP contribution in [0.1, 0.15) is 54.3 Å². The van der Waals surface area contributed by atoms with E-state index in [1.807, 2.05) is 27.7 Å². The van der Waals surface area contributed by atoms with Crippen LogP contribution in [0.15, 0.2) is 10.0 Å². The van der Waals surface area contributed by atoms with E-state index in [2.05, 4.69) is 20.4 Å². The van der Waals surface area contributed by atoms with Crippen LogP contribution in [-0.2, 0) is 12.0 Å². The summed E-state index contributed by atoms with van der Waals surface area (Å²) in [7, 11) is 0. The van der Waals surface area contributed by atoms with E-state index in [1.54, 1.807) is 5.51 Å². The summed E-state index contributed by atoms with van der Waals surface area (Å²) in [6.07, 6.45) is 1.68. The van der Waals surface area contributed by atoms with Crippen LogP contribution in [-0.4, -0.2) is 21.0 Å². The van der Waals surface area contributed by atoms with Gasteiger partial charge in [0.1, 0.15) is 4.88 Å². The Morgan fingerprint density at radius 3 is 2.85 bits per heavy atom. The highest BCUT2D eigenvalue weighted by molar-refractivity contribution is 7.11. The number of amides is 1. The highest BCUT2D eigenvalue weighted by atomic mass is 32.1. The maximum atomic E-state index is 12.2. The van der Waals surface area contributed by atoms with Crippen LogP contribution in [0.5, 0.6) is 0 Å². The Hall–Kier alpha value is -1.76. The molecule has 2 heterocycles. The van der Waals surface area contributed by atoms with Crippen molar-refractivity contribution in [3.05, 3.63) is 27.8 Å². The Morgan fingerprint density at radius 2 is 2.25 bits per heavy atom. The number of thiazole rings is 1. The van der Waals surface area contributed by atoms with Crippen LogP contribution in [0, 0.1) is 6.92 Å². The van der Waals surface area contributed by atoms with Crippen molar-refractivity contribution < 1.29 is 9.32 Å². The summed E-state index contributed by atoms with van der Waals surface area (Å²) in [6, 6.07) is 0. The second kappa shape index (κ2) is 5.70. The van der Waals surface area contributed by atoms with Crippen LogP contribution in [0.4, 0.5) is 0 Å². The van der Waals surface area contributed by atoms with Gasteiger partial charge < -0.3 is 9.84 Å². The Bertz CT molecular complexity index is 603. The van der Waals surface area contributed by atoms with Crippen molar-refractivity contribution in [3.63, 3.8) is 0 Å². The zero-order valence-corrected chi connectivity index (χ0v) is 12.9. The highest BCUT2D eigenvalue weighted by Crippen LogP contribution is 2.20. The molecule has 0 aliphatic rings. The van der Waals surface area contributed by atoms with E-state index >= 15 is 0 Å². The van der Waals surface area contributed by atoms with Gasteiger partial charge in [-0.1, -0.05) is 12.1 Å². The third kappa shape index (κ3) is 3.04. The van der Waals surface area contributed by atoms with E-state index in [1.165, 1.54) is 11.3 Å². The van der Waals surface area contributed by atoms with Gasteiger partial charge in [0.25, 0.3) is 5.91 Å². The quantitative estimate of drug-likeness (QED) is 0.916. The summed E-state index contributed by atoms with van der Waals surface area (Å²) in [6.45, 7) is 7.55. The molecule has 6 nitrogen and oxygen atoms in total. The Morgan fingerprint density at radius 1 is 1.50 bits per heavy atom.